The van der Waals surface area contributed by atoms with Crippen molar-refractivity contribution in [3.8, 4) is 11.8 Å². The Morgan fingerprint density at radius 2 is 2.25 bits per heavy atom. The van der Waals surface area contributed by atoms with Crippen LogP contribution in [0.2, 0.25) is 0 Å². The normalized spacial score (nSPS) is 15.2. The van der Waals surface area contributed by atoms with E-state index in [1.54, 1.807) is 0 Å². The largest absolute Gasteiger partial charge is 0.395 e. The Hall–Kier alpha value is -1.79. The van der Waals surface area contributed by atoms with Crippen molar-refractivity contribution in [2.24, 2.45) is 11.8 Å². The second-order valence-electron chi connectivity index (χ2n) is 5.42. The Morgan fingerprint density at radius 3 is 2.90 bits per heavy atom. The predicted molar refractivity (Wildman–Crippen MR) is 80.3 cm³/mol. The van der Waals surface area contributed by atoms with Gasteiger partial charge in [0, 0.05) is 23.6 Å². The summed E-state index contributed by atoms with van der Waals surface area (Å²) in [5.41, 5.74) is 2.76. The van der Waals surface area contributed by atoms with Crippen LogP contribution in [0.1, 0.15) is 37.3 Å². The molecule has 1 unspecified atom stereocenters. The van der Waals surface area contributed by atoms with Crippen molar-refractivity contribution in [3.63, 3.8) is 0 Å². The molecule has 1 aliphatic rings. The molecule has 0 spiro atoms. The summed E-state index contributed by atoms with van der Waals surface area (Å²) < 4.78 is 0. The molecular weight excluding hydrogens is 250 g/mol. The number of aliphatic hydroxyl groups excluding tert-OH is 1. The summed E-state index contributed by atoms with van der Waals surface area (Å²) in [6.07, 6.45) is 2.80. The Kier molecular flexibility index (Phi) is 4.81. The molecule has 3 nitrogen and oxygen atoms in total. The highest BCUT2D eigenvalue weighted by Crippen LogP contribution is 2.37. The van der Waals surface area contributed by atoms with Crippen LogP contribution in [0.3, 0.4) is 0 Å². The SMILES string of the molecule is Cc1ccc(NC(=O)C(C)C2CC2)cc1C#CCCO. The summed E-state index contributed by atoms with van der Waals surface area (Å²) in [6.45, 7) is 4.05. The van der Waals surface area contributed by atoms with Gasteiger partial charge in [-0.1, -0.05) is 24.8 Å². The minimum Gasteiger partial charge on any atom is -0.395 e. The first-order valence-electron chi connectivity index (χ1n) is 7.13. The molecule has 1 aliphatic carbocycles. The molecule has 0 heterocycles. The topological polar surface area (TPSA) is 49.3 Å². The Balaban J connectivity index is 2.07. The smallest absolute Gasteiger partial charge is 0.227 e. The molecule has 1 saturated carbocycles. The molecule has 1 aromatic carbocycles. The standard InChI is InChI=1S/C17H21NO2/c1-12-6-9-16(11-15(12)5-3-4-10-19)18-17(20)13(2)14-7-8-14/h6,9,11,13-14,19H,4,7-8,10H2,1-2H3,(H,18,20). The van der Waals surface area contributed by atoms with Crippen LogP contribution >= 0.6 is 0 Å². The number of anilines is 1. The zero-order chi connectivity index (χ0) is 14.5. The maximum absolute atomic E-state index is 12.1. The molecule has 2 N–H and O–H groups in total. The van der Waals surface area contributed by atoms with Crippen LogP contribution in [0.5, 0.6) is 0 Å². The second kappa shape index (κ2) is 6.58. The third-order valence-corrected chi connectivity index (χ3v) is 3.71. The van der Waals surface area contributed by atoms with E-state index < -0.39 is 0 Å². The van der Waals surface area contributed by atoms with E-state index in [2.05, 4.69) is 17.2 Å². The molecule has 2 rings (SSSR count). The first kappa shape index (κ1) is 14.6. The summed E-state index contributed by atoms with van der Waals surface area (Å²) in [6, 6.07) is 5.77. The summed E-state index contributed by atoms with van der Waals surface area (Å²) in [7, 11) is 0. The highest BCUT2D eigenvalue weighted by atomic mass is 16.2. The molecule has 106 valence electrons. The average molecular weight is 271 g/mol. The maximum Gasteiger partial charge on any atom is 0.227 e. The molecule has 1 fully saturated rings. The van der Waals surface area contributed by atoms with Gasteiger partial charge in [0.1, 0.15) is 0 Å². The first-order chi connectivity index (χ1) is 9.61. The molecule has 0 aromatic heterocycles. The Morgan fingerprint density at radius 1 is 1.50 bits per heavy atom. The van der Waals surface area contributed by atoms with Crippen LogP contribution in [0.25, 0.3) is 0 Å². The quantitative estimate of drug-likeness (QED) is 0.827. The lowest BCUT2D eigenvalue weighted by molar-refractivity contribution is -0.119. The highest BCUT2D eigenvalue weighted by molar-refractivity contribution is 5.92. The highest BCUT2D eigenvalue weighted by Gasteiger charge is 2.32. The lowest BCUT2D eigenvalue weighted by Crippen LogP contribution is -2.21. The fraction of sp³-hybridized carbons (Fsp3) is 0.471. The Labute approximate surface area is 120 Å². The van der Waals surface area contributed by atoms with Crippen LogP contribution < -0.4 is 5.32 Å². The van der Waals surface area contributed by atoms with Crippen LogP contribution in [-0.2, 0) is 4.79 Å². The maximum atomic E-state index is 12.1. The van der Waals surface area contributed by atoms with Crippen molar-refractivity contribution in [1.29, 1.82) is 0 Å². The number of aryl methyl sites for hydroxylation is 1. The van der Waals surface area contributed by atoms with E-state index in [-0.39, 0.29) is 18.4 Å². The van der Waals surface area contributed by atoms with Crippen molar-refractivity contribution in [3.05, 3.63) is 29.3 Å². The number of carbonyl (C=O) groups excluding carboxylic acids is 1. The predicted octanol–water partition coefficient (Wildman–Crippen LogP) is 2.71. The van der Waals surface area contributed by atoms with E-state index in [1.165, 1.54) is 12.8 Å². The minimum atomic E-state index is 0.0708. The van der Waals surface area contributed by atoms with Gasteiger partial charge < -0.3 is 10.4 Å². The summed E-state index contributed by atoms with van der Waals surface area (Å²) in [5, 5.41) is 11.7. The van der Waals surface area contributed by atoms with Gasteiger partial charge in [-0.15, -0.1) is 0 Å². The van der Waals surface area contributed by atoms with E-state index in [4.69, 9.17) is 5.11 Å². The molecule has 0 radical (unpaired) electrons. The fourth-order valence-electron chi connectivity index (χ4n) is 2.11. The molecule has 1 aromatic rings. The van der Waals surface area contributed by atoms with Crippen molar-refractivity contribution in [2.75, 3.05) is 11.9 Å². The average Bonchev–Trinajstić information content (AvgIpc) is 3.26. The van der Waals surface area contributed by atoms with Gasteiger partial charge in [0.2, 0.25) is 5.91 Å². The van der Waals surface area contributed by atoms with Gasteiger partial charge in [-0.3, -0.25) is 4.79 Å². The van der Waals surface area contributed by atoms with E-state index in [0.29, 0.717) is 12.3 Å². The third kappa shape index (κ3) is 3.85. The summed E-state index contributed by atoms with van der Waals surface area (Å²) in [4.78, 5) is 12.1. The molecule has 3 heteroatoms. The summed E-state index contributed by atoms with van der Waals surface area (Å²) >= 11 is 0. The van der Waals surface area contributed by atoms with Crippen LogP contribution in [0.15, 0.2) is 18.2 Å². The molecule has 0 aliphatic heterocycles. The van der Waals surface area contributed by atoms with Gasteiger partial charge in [-0.25, -0.2) is 0 Å². The van der Waals surface area contributed by atoms with E-state index in [9.17, 15) is 4.79 Å². The van der Waals surface area contributed by atoms with Crippen molar-refractivity contribution < 1.29 is 9.90 Å². The Bertz CT molecular complexity index is 550. The van der Waals surface area contributed by atoms with Gasteiger partial charge in [-0.05, 0) is 43.4 Å². The molecule has 1 atom stereocenters. The fourth-order valence-corrected chi connectivity index (χ4v) is 2.11. The molecule has 0 saturated heterocycles. The van der Waals surface area contributed by atoms with Crippen LogP contribution in [0.4, 0.5) is 5.69 Å². The van der Waals surface area contributed by atoms with E-state index in [0.717, 1.165) is 16.8 Å². The number of benzene rings is 1. The number of carbonyl (C=O) groups is 1. The van der Waals surface area contributed by atoms with Gasteiger partial charge in [0.05, 0.1) is 6.61 Å². The first-order valence-corrected chi connectivity index (χ1v) is 7.13. The lowest BCUT2D eigenvalue weighted by atomic mass is 10.0. The number of aliphatic hydroxyl groups is 1. The van der Waals surface area contributed by atoms with Crippen molar-refractivity contribution in [2.45, 2.75) is 33.1 Å². The lowest BCUT2D eigenvalue weighted by Gasteiger charge is -2.12. The second-order valence-corrected chi connectivity index (χ2v) is 5.42. The molecular formula is C17H21NO2. The van der Waals surface area contributed by atoms with Gasteiger partial charge in [0.25, 0.3) is 0 Å². The van der Waals surface area contributed by atoms with E-state index in [1.807, 2.05) is 32.0 Å². The third-order valence-electron chi connectivity index (χ3n) is 3.71. The molecule has 20 heavy (non-hydrogen) atoms. The van der Waals surface area contributed by atoms with E-state index >= 15 is 0 Å². The van der Waals surface area contributed by atoms with Gasteiger partial charge in [0.15, 0.2) is 0 Å². The molecule has 1 amide bonds. The van der Waals surface area contributed by atoms with Crippen molar-refractivity contribution in [1.82, 2.24) is 0 Å². The van der Waals surface area contributed by atoms with Crippen LogP contribution in [-0.4, -0.2) is 17.6 Å². The number of hydrogen-bond donors (Lipinski definition) is 2. The summed E-state index contributed by atoms with van der Waals surface area (Å²) in [5.74, 6) is 6.67. The van der Waals surface area contributed by atoms with Crippen LogP contribution in [0, 0.1) is 30.6 Å². The van der Waals surface area contributed by atoms with Gasteiger partial charge in [-0.2, -0.15) is 0 Å². The number of amides is 1. The monoisotopic (exact) mass is 271 g/mol. The number of hydrogen-bond acceptors (Lipinski definition) is 2. The van der Waals surface area contributed by atoms with Gasteiger partial charge >= 0.3 is 0 Å². The number of nitrogens with one attached hydrogen (secondary N) is 1. The number of rotatable bonds is 4. The van der Waals surface area contributed by atoms with Crippen molar-refractivity contribution >= 4 is 11.6 Å². The zero-order valence-corrected chi connectivity index (χ0v) is 12.1. The molecule has 0 bridgehead atoms. The zero-order valence-electron chi connectivity index (χ0n) is 12.1. The minimum absolute atomic E-state index is 0.0708.